The van der Waals surface area contributed by atoms with Gasteiger partial charge in [0.2, 0.25) is 5.91 Å². The summed E-state index contributed by atoms with van der Waals surface area (Å²) in [6.45, 7) is 0. The first-order valence-electron chi connectivity index (χ1n) is 10.7. The fourth-order valence-electron chi connectivity index (χ4n) is 3.50. The van der Waals surface area contributed by atoms with E-state index in [1.807, 2.05) is 24.3 Å². The Bertz CT molecular complexity index is 1330. The van der Waals surface area contributed by atoms with Crippen molar-refractivity contribution in [2.24, 2.45) is 0 Å². The number of anilines is 1. The highest BCUT2D eigenvalue weighted by atomic mass is 19.4. The topological polar surface area (TPSA) is 77.0 Å². The predicted octanol–water partition coefficient (Wildman–Crippen LogP) is 5.80. The zero-order valence-electron chi connectivity index (χ0n) is 18.7. The summed E-state index contributed by atoms with van der Waals surface area (Å²) in [6, 6.07) is 15.7. The maximum atomic E-state index is 13.3. The standard InChI is InChI=1S/C26H21F3N4O2/c1-35-21-9-2-5-17(13-21)10-11-23(34)32-22-16-31-24(25(33-22)19-7-4-12-30-15-19)18-6-3-8-20(14-18)26(27,28)29/h2-9,12-16H,10-11H2,1H3,(H,32,33,34). The van der Waals surface area contributed by atoms with E-state index in [-0.39, 0.29) is 29.4 Å². The van der Waals surface area contributed by atoms with Crippen molar-refractivity contribution in [2.75, 3.05) is 12.4 Å². The number of carbonyl (C=O) groups excluding carboxylic acids is 1. The summed E-state index contributed by atoms with van der Waals surface area (Å²) in [5.41, 5.74) is 1.52. The molecule has 0 fully saturated rings. The molecule has 2 heterocycles. The molecule has 178 valence electrons. The third kappa shape index (κ3) is 6.00. The highest BCUT2D eigenvalue weighted by Gasteiger charge is 2.30. The van der Waals surface area contributed by atoms with Crippen LogP contribution < -0.4 is 10.1 Å². The minimum Gasteiger partial charge on any atom is -0.497 e. The molecule has 0 saturated heterocycles. The Morgan fingerprint density at radius 1 is 0.971 bits per heavy atom. The molecule has 0 unspecified atom stereocenters. The average molecular weight is 478 g/mol. The monoisotopic (exact) mass is 478 g/mol. The van der Waals surface area contributed by atoms with E-state index in [0.29, 0.717) is 23.4 Å². The summed E-state index contributed by atoms with van der Waals surface area (Å²) < 4.78 is 45.0. The molecule has 0 aliphatic heterocycles. The molecule has 2 aromatic carbocycles. The molecule has 0 atom stereocenters. The van der Waals surface area contributed by atoms with Crippen molar-refractivity contribution in [1.82, 2.24) is 15.0 Å². The number of nitrogens with one attached hydrogen (secondary N) is 1. The number of aromatic nitrogens is 3. The number of alkyl halides is 3. The van der Waals surface area contributed by atoms with Crippen molar-refractivity contribution >= 4 is 11.7 Å². The van der Waals surface area contributed by atoms with Gasteiger partial charge in [0.15, 0.2) is 5.82 Å². The minimum absolute atomic E-state index is 0.190. The van der Waals surface area contributed by atoms with Crippen LogP contribution in [0.4, 0.5) is 19.0 Å². The van der Waals surface area contributed by atoms with Gasteiger partial charge in [-0.25, -0.2) is 4.98 Å². The molecule has 0 aliphatic carbocycles. The van der Waals surface area contributed by atoms with E-state index in [4.69, 9.17) is 4.74 Å². The van der Waals surface area contributed by atoms with Gasteiger partial charge in [0.25, 0.3) is 0 Å². The zero-order valence-corrected chi connectivity index (χ0v) is 18.7. The van der Waals surface area contributed by atoms with Gasteiger partial charge in [0.05, 0.1) is 24.6 Å². The lowest BCUT2D eigenvalue weighted by Crippen LogP contribution is -2.14. The number of hydrogen-bond acceptors (Lipinski definition) is 5. The Hall–Kier alpha value is -4.27. The predicted molar refractivity (Wildman–Crippen MR) is 126 cm³/mol. The number of methoxy groups -OCH3 is 1. The Labute approximate surface area is 199 Å². The molecular formula is C26H21F3N4O2. The molecule has 0 aliphatic rings. The fourth-order valence-corrected chi connectivity index (χ4v) is 3.50. The van der Waals surface area contributed by atoms with Gasteiger partial charge in [0, 0.05) is 29.9 Å². The molecule has 9 heteroatoms. The van der Waals surface area contributed by atoms with Crippen LogP contribution in [0.15, 0.2) is 79.3 Å². The molecule has 4 aromatic rings. The minimum atomic E-state index is -4.49. The summed E-state index contributed by atoms with van der Waals surface area (Å²) in [4.78, 5) is 25.5. The van der Waals surface area contributed by atoms with Crippen LogP contribution >= 0.6 is 0 Å². The average Bonchev–Trinajstić information content (AvgIpc) is 2.87. The van der Waals surface area contributed by atoms with E-state index >= 15 is 0 Å². The molecule has 2 aromatic heterocycles. The molecule has 6 nitrogen and oxygen atoms in total. The van der Waals surface area contributed by atoms with Gasteiger partial charge in [-0.1, -0.05) is 24.3 Å². The van der Waals surface area contributed by atoms with Gasteiger partial charge < -0.3 is 10.1 Å². The second-order valence-corrected chi connectivity index (χ2v) is 7.67. The highest BCUT2D eigenvalue weighted by Crippen LogP contribution is 2.34. The second-order valence-electron chi connectivity index (χ2n) is 7.67. The maximum absolute atomic E-state index is 13.3. The van der Waals surface area contributed by atoms with Crippen LogP contribution in [0.2, 0.25) is 0 Å². The number of hydrogen-bond donors (Lipinski definition) is 1. The molecule has 0 radical (unpaired) electrons. The molecular weight excluding hydrogens is 457 g/mol. The molecule has 1 N–H and O–H groups in total. The van der Waals surface area contributed by atoms with Gasteiger partial charge in [0.1, 0.15) is 11.4 Å². The van der Waals surface area contributed by atoms with E-state index in [0.717, 1.165) is 17.7 Å². The van der Waals surface area contributed by atoms with E-state index < -0.39 is 11.7 Å². The van der Waals surface area contributed by atoms with Gasteiger partial charge in [-0.3, -0.25) is 14.8 Å². The van der Waals surface area contributed by atoms with Gasteiger partial charge in [-0.15, -0.1) is 0 Å². The first-order valence-corrected chi connectivity index (χ1v) is 10.7. The Morgan fingerprint density at radius 2 is 1.77 bits per heavy atom. The van der Waals surface area contributed by atoms with Crippen molar-refractivity contribution < 1.29 is 22.7 Å². The number of rotatable bonds is 7. The van der Waals surface area contributed by atoms with Crippen LogP contribution in [-0.2, 0) is 17.4 Å². The SMILES string of the molecule is COc1cccc(CCC(=O)Nc2cnc(-c3cccc(C(F)(F)F)c3)c(-c3cccnc3)n2)c1. The molecule has 0 bridgehead atoms. The largest absolute Gasteiger partial charge is 0.497 e. The summed E-state index contributed by atoms with van der Waals surface area (Å²) in [7, 11) is 1.58. The summed E-state index contributed by atoms with van der Waals surface area (Å²) in [5.74, 6) is 0.626. The Kier molecular flexibility index (Phi) is 7.05. The lowest BCUT2D eigenvalue weighted by atomic mass is 10.0. The smallest absolute Gasteiger partial charge is 0.416 e. The number of pyridine rings is 1. The van der Waals surface area contributed by atoms with Gasteiger partial charge >= 0.3 is 6.18 Å². The van der Waals surface area contributed by atoms with Crippen LogP contribution in [0.3, 0.4) is 0 Å². The maximum Gasteiger partial charge on any atom is 0.416 e. The van der Waals surface area contributed by atoms with Gasteiger partial charge in [-0.2, -0.15) is 13.2 Å². The third-order valence-electron chi connectivity index (χ3n) is 5.21. The van der Waals surface area contributed by atoms with Crippen molar-refractivity contribution in [3.63, 3.8) is 0 Å². The highest BCUT2D eigenvalue weighted by molar-refractivity contribution is 5.90. The van der Waals surface area contributed by atoms with E-state index in [9.17, 15) is 18.0 Å². The summed E-state index contributed by atoms with van der Waals surface area (Å²) in [5, 5.41) is 2.72. The number of ether oxygens (including phenoxy) is 1. The van der Waals surface area contributed by atoms with Crippen molar-refractivity contribution in [3.8, 4) is 28.3 Å². The van der Waals surface area contributed by atoms with E-state index in [1.165, 1.54) is 24.5 Å². The van der Waals surface area contributed by atoms with Crippen molar-refractivity contribution in [2.45, 2.75) is 19.0 Å². The van der Waals surface area contributed by atoms with Crippen molar-refractivity contribution in [3.05, 3.63) is 90.4 Å². The van der Waals surface area contributed by atoms with Crippen LogP contribution in [0, 0.1) is 0 Å². The van der Waals surface area contributed by atoms with Crippen LogP contribution in [0.25, 0.3) is 22.5 Å². The zero-order chi connectivity index (χ0) is 24.8. The quantitative estimate of drug-likeness (QED) is 0.363. The first kappa shape index (κ1) is 23.9. The van der Waals surface area contributed by atoms with Gasteiger partial charge in [-0.05, 0) is 48.4 Å². The van der Waals surface area contributed by atoms with E-state index in [1.54, 1.807) is 25.4 Å². The lowest BCUT2D eigenvalue weighted by molar-refractivity contribution is -0.137. The van der Waals surface area contributed by atoms with Crippen LogP contribution in [0.5, 0.6) is 5.75 Å². The van der Waals surface area contributed by atoms with E-state index in [2.05, 4.69) is 20.3 Å². The number of benzene rings is 2. The fraction of sp³-hybridized carbons (Fsp3) is 0.154. The number of aryl methyl sites for hydroxylation is 1. The number of halogens is 3. The summed E-state index contributed by atoms with van der Waals surface area (Å²) >= 11 is 0. The molecule has 4 rings (SSSR count). The van der Waals surface area contributed by atoms with Crippen molar-refractivity contribution in [1.29, 1.82) is 0 Å². The first-order chi connectivity index (χ1) is 16.8. The normalized spacial score (nSPS) is 11.2. The second kappa shape index (κ2) is 10.3. The molecule has 35 heavy (non-hydrogen) atoms. The Morgan fingerprint density at radius 3 is 2.51 bits per heavy atom. The lowest BCUT2D eigenvalue weighted by Gasteiger charge is -2.13. The third-order valence-corrected chi connectivity index (χ3v) is 5.21. The number of carbonyl (C=O) groups is 1. The van der Waals surface area contributed by atoms with Crippen LogP contribution in [0.1, 0.15) is 17.5 Å². The molecule has 1 amide bonds. The van der Waals surface area contributed by atoms with Crippen LogP contribution in [-0.4, -0.2) is 28.0 Å². The number of amides is 1. The number of nitrogens with zero attached hydrogens (tertiary/aromatic N) is 3. The molecule has 0 spiro atoms. The summed E-state index contributed by atoms with van der Waals surface area (Å²) in [6.07, 6.45) is 0.648. The Balaban J connectivity index is 1.60. The molecule has 0 saturated carbocycles.